The van der Waals surface area contributed by atoms with E-state index in [1.807, 2.05) is 0 Å². The number of benzene rings is 1. The molecule has 0 bridgehead atoms. The Morgan fingerprint density at radius 3 is 2.60 bits per heavy atom. The highest BCUT2D eigenvalue weighted by Crippen LogP contribution is 2.34. The molecule has 0 aliphatic carbocycles. The van der Waals surface area contributed by atoms with Crippen molar-refractivity contribution in [3.05, 3.63) is 40.5 Å². The lowest BCUT2D eigenvalue weighted by atomic mass is 10.1. The van der Waals surface area contributed by atoms with Crippen molar-refractivity contribution in [1.29, 1.82) is 0 Å². The third-order valence-corrected chi connectivity index (χ3v) is 4.17. The van der Waals surface area contributed by atoms with E-state index >= 15 is 0 Å². The maximum absolute atomic E-state index is 12.6. The Bertz CT molecular complexity index is 753. The lowest BCUT2D eigenvalue weighted by Gasteiger charge is -2.22. The Balaban J connectivity index is 1.77. The molecule has 1 aliphatic heterocycles. The Morgan fingerprint density at radius 2 is 2.00 bits per heavy atom. The Kier molecular flexibility index (Phi) is 5.01. The Morgan fingerprint density at radius 1 is 1.28 bits per heavy atom. The van der Waals surface area contributed by atoms with Gasteiger partial charge in [-0.05, 0) is 25.0 Å². The third kappa shape index (κ3) is 3.96. The Labute approximate surface area is 146 Å². The van der Waals surface area contributed by atoms with Crippen LogP contribution in [0.15, 0.2) is 28.8 Å². The van der Waals surface area contributed by atoms with Crippen LogP contribution in [0.2, 0.25) is 5.02 Å². The molecule has 1 saturated heterocycles. The van der Waals surface area contributed by atoms with E-state index in [0.29, 0.717) is 18.8 Å². The van der Waals surface area contributed by atoms with Crippen molar-refractivity contribution in [3.63, 3.8) is 0 Å². The van der Waals surface area contributed by atoms with E-state index in [1.54, 1.807) is 0 Å². The summed E-state index contributed by atoms with van der Waals surface area (Å²) in [7, 11) is 0. The molecule has 1 aromatic heterocycles. The van der Waals surface area contributed by atoms with Crippen LogP contribution in [0.3, 0.4) is 0 Å². The maximum atomic E-state index is 12.6. The number of nitrogens with one attached hydrogen (secondary N) is 1. The minimum Gasteiger partial charge on any atom is -0.379 e. The number of alkyl halides is 3. The molecule has 0 saturated carbocycles. The van der Waals surface area contributed by atoms with Crippen molar-refractivity contribution < 1.29 is 27.2 Å². The largest absolute Gasteiger partial charge is 0.416 e. The SMILES string of the molecule is O=C(NC1CCCOC1)c1noc(-c2ccc(C(F)(F)F)cc2)c1Cl. The van der Waals surface area contributed by atoms with Gasteiger partial charge in [0.25, 0.3) is 5.91 Å². The summed E-state index contributed by atoms with van der Waals surface area (Å²) in [6, 6.07) is 4.11. The number of hydrogen-bond donors (Lipinski definition) is 1. The van der Waals surface area contributed by atoms with Gasteiger partial charge in [0.15, 0.2) is 11.5 Å². The molecule has 1 unspecified atom stereocenters. The molecule has 1 fully saturated rings. The minimum absolute atomic E-state index is 0.0421. The summed E-state index contributed by atoms with van der Waals surface area (Å²) >= 11 is 6.13. The monoisotopic (exact) mass is 374 g/mol. The van der Waals surface area contributed by atoms with Gasteiger partial charge in [0, 0.05) is 12.2 Å². The van der Waals surface area contributed by atoms with Gasteiger partial charge in [-0.25, -0.2) is 0 Å². The summed E-state index contributed by atoms with van der Waals surface area (Å²) in [6.07, 6.45) is -2.81. The van der Waals surface area contributed by atoms with Gasteiger partial charge >= 0.3 is 6.18 Å². The summed E-state index contributed by atoms with van der Waals surface area (Å²) in [5.41, 5.74) is -0.602. The highest BCUT2D eigenvalue weighted by Gasteiger charge is 2.30. The van der Waals surface area contributed by atoms with Crippen LogP contribution in [0.4, 0.5) is 13.2 Å². The molecule has 9 heteroatoms. The van der Waals surface area contributed by atoms with Crippen molar-refractivity contribution >= 4 is 17.5 Å². The van der Waals surface area contributed by atoms with E-state index in [2.05, 4.69) is 10.5 Å². The van der Waals surface area contributed by atoms with Gasteiger partial charge in [0.2, 0.25) is 0 Å². The average Bonchev–Trinajstić information content (AvgIpc) is 2.97. The zero-order valence-corrected chi connectivity index (χ0v) is 13.7. The molecule has 1 amide bonds. The Hall–Kier alpha value is -2.06. The first kappa shape index (κ1) is 17.8. The maximum Gasteiger partial charge on any atom is 0.416 e. The van der Waals surface area contributed by atoms with Gasteiger partial charge in [0.1, 0.15) is 5.02 Å². The van der Waals surface area contributed by atoms with Crippen LogP contribution in [0.5, 0.6) is 0 Å². The molecule has 3 rings (SSSR count). The number of hydrogen-bond acceptors (Lipinski definition) is 4. The number of aromatic nitrogens is 1. The second-order valence-corrected chi connectivity index (χ2v) is 6.01. The molecule has 0 radical (unpaired) electrons. The molecule has 1 aliphatic rings. The molecule has 1 aromatic carbocycles. The average molecular weight is 375 g/mol. The third-order valence-electron chi connectivity index (χ3n) is 3.82. The molecule has 1 atom stereocenters. The number of halogens is 4. The predicted octanol–water partition coefficient (Wildman–Crippen LogP) is 3.92. The van der Waals surface area contributed by atoms with E-state index in [0.717, 1.165) is 25.0 Å². The highest BCUT2D eigenvalue weighted by atomic mass is 35.5. The van der Waals surface area contributed by atoms with Gasteiger partial charge in [0.05, 0.1) is 18.2 Å². The minimum atomic E-state index is -4.43. The molecule has 1 N–H and O–H groups in total. The normalized spacial score (nSPS) is 18.2. The van der Waals surface area contributed by atoms with E-state index in [4.69, 9.17) is 20.9 Å². The van der Waals surface area contributed by atoms with Crippen molar-refractivity contribution in [3.8, 4) is 11.3 Å². The fourth-order valence-electron chi connectivity index (χ4n) is 2.52. The van der Waals surface area contributed by atoms with Gasteiger partial charge < -0.3 is 14.6 Å². The number of carbonyl (C=O) groups excluding carboxylic acids is 1. The van der Waals surface area contributed by atoms with Crippen LogP contribution < -0.4 is 5.32 Å². The lowest BCUT2D eigenvalue weighted by Crippen LogP contribution is -2.40. The highest BCUT2D eigenvalue weighted by molar-refractivity contribution is 6.35. The molecule has 2 aromatic rings. The lowest BCUT2D eigenvalue weighted by molar-refractivity contribution is -0.137. The van der Waals surface area contributed by atoms with Crippen LogP contribution in [-0.4, -0.2) is 30.3 Å². The summed E-state index contributed by atoms with van der Waals surface area (Å²) in [6.45, 7) is 1.07. The second kappa shape index (κ2) is 7.05. The summed E-state index contributed by atoms with van der Waals surface area (Å²) in [5, 5.41) is 6.35. The number of rotatable bonds is 3. The van der Waals surface area contributed by atoms with Crippen molar-refractivity contribution in [1.82, 2.24) is 10.5 Å². The molecule has 5 nitrogen and oxygen atoms in total. The van der Waals surface area contributed by atoms with Crippen molar-refractivity contribution in [2.24, 2.45) is 0 Å². The summed E-state index contributed by atoms with van der Waals surface area (Å²) in [5.74, 6) is -0.470. The quantitative estimate of drug-likeness (QED) is 0.884. The molecule has 2 heterocycles. The first-order chi connectivity index (χ1) is 11.9. The van der Waals surface area contributed by atoms with E-state index in [-0.39, 0.29) is 22.5 Å². The first-order valence-electron chi connectivity index (χ1n) is 7.57. The molecular weight excluding hydrogens is 361 g/mol. The van der Waals surface area contributed by atoms with Crippen LogP contribution in [0.1, 0.15) is 28.9 Å². The fraction of sp³-hybridized carbons (Fsp3) is 0.375. The van der Waals surface area contributed by atoms with E-state index < -0.39 is 17.6 Å². The molecule has 134 valence electrons. The number of carbonyl (C=O) groups is 1. The molecular formula is C16H14ClF3N2O3. The standard InChI is InChI=1S/C16H14ClF3N2O3/c17-12-13(15(23)21-11-2-1-7-24-8-11)22-25-14(12)9-3-5-10(6-4-9)16(18,19)20/h3-6,11H,1-2,7-8H2,(H,21,23). The van der Waals surface area contributed by atoms with Gasteiger partial charge in [-0.3, -0.25) is 4.79 Å². The van der Waals surface area contributed by atoms with Gasteiger partial charge in [-0.2, -0.15) is 13.2 Å². The molecule has 25 heavy (non-hydrogen) atoms. The van der Waals surface area contributed by atoms with Crippen LogP contribution in [0, 0.1) is 0 Å². The van der Waals surface area contributed by atoms with Gasteiger partial charge in [-0.1, -0.05) is 28.9 Å². The number of nitrogens with zero attached hydrogens (tertiary/aromatic N) is 1. The summed E-state index contributed by atoms with van der Waals surface area (Å²) in [4.78, 5) is 12.2. The zero-order chi connectivity index (χ0) is 18.0. The van der Waals surface area contributed by atoms with Gasteiger partial charge in [-0.15, -0.1) is 0 Å². The van der Waals surface area contributed by atoms with Crippen LogP contribution in [0.25, 0.3) is 11.3 Å². The van der Waals surface area contributed by atoms with Crippen LogP contribution >= 0.6 is 11.6 Å². The van der Waals surface area contributed by atoms with E-state index in [9.17, 15) is 18.0 Å². The zero-order valence-electron chi connectivity index (χ0n) is 12.9. The number of ether oxygens (including phenoxy) is 1. The topological polar surface area (TPSA) is 64.4 Å². The predicted molar refractivity (Wildman–Crippen MR) is 83.3 cm³/mol. The first-order valence-corrected chi connectivity index (χ1v) is 7.95. The molecule has 0 spiro atoms. The van der Waals surface area contributed by atoms with Crippen LogP contribution in [-0.2, 0) is 10.9 Å². The van der Waals surface area contributed by atoms with Crippen molar-refractivity contribution in [2.45, 2.75) is 25.1 Å². The second-order valence-electron chi connectivity index (χ2n) is 5.64. The smallest absolute Gasteiger partial charge is 0.379 e. The van der Waals surface area contributed by atoms with Crippen molar-refractivity contribution in [2.75, 3.05) is 13.2 Å². The van der Waals surface area contributed by atoms with E-state index in [1.165, 1.54) is 12.1 Å². The fourth-order valence-corrected chi connectivity index (χ4v) is 2.78. The summed E-state index contributed by atoms with van der Waals surface area (Å²) < 4.78 is 48.2. The number of amides is 1.